The maximum atomic E-state index is 13.7. The zero-order chi connectivity index (χ0) is 25.2. The van der Waals surface area contributed by atoms with E-state index in [1.54, 1.807) is 22.4 Å². The molecule has 5 N–H and O–H groups in total. The standard InChI is InChI=1S/C24H35N5O2S.C2H6/c1-13(2)16-7-8-19-21(9-16)32-23(27-19)20-10-17(30)11-28(20)24(31)22(14(3)4)29(26)12-18(25)15-5-6-15;1-2/h7-9,12-15,17,20,22,30H,5-6,10-11,25-26H2,1-4H3;1-2H3/b18-12-;. The zero-order valence-corrected chi connectivity index (χ0v) is 22.2. The number of nitrogens with two attached hydrogens (primary N) is 2. The molecule has 1 aromatic carbocycles. The molecule has 2 fully saturated rings. The molecule has 1 saturated carbocycles. The Bertz CT molecular complexity index is 1010. The summed E-state index contributed by atoms with van der Waals surface area (Å²) in [7, 11) is 0. The molecule has 1 aliphatic heterocycles. The largest absolute Gasteiger partial charge is 0.401 e. The second-order valence-electron chi connectivity index (χ2n) is 9.87. The van der Waals surface area contributed by atoms with E-state index in [9.17, 15) is 9.90 Å². The van der Waals surface area contributed by atoms with Gasteiger partial charge in [-0.25, -0.2) is 10.8 Å². The number of carbonyl (C=O) groups is 1. The third kappa shape index (κ3) is 5.73. The lowest BCUT2D eigenvalue weighted by atomic mass is 10.0. The van der Waals surface area contributed by atoms with Crippen LogP contribution in [-0.2, 0) is 4.79 Å². The van der Waals surface area contributed by atoms with E-state index in [4.69, 9.17) is 16.6 Å². The van der Waals surface area contributed by atoms with Gasteiger partial charge in [-0.05, 0) is 42.4 Å². The fourth-order valence-electron chi connectivity index (χ4n) is 4.45. The van der Waals surface area contributed by atoms with E-state index in [-0.39, 0.29) is 24.4 Å². The highest BCUT2D eigenvalue weighted by atomic mass is 32.1. The summed E-state index contributed by atoms with van der Waals surface area (Å²) in [6, 6.07) is 5.54. The molecule has 0 bridgehead atoms. The second-order valence-corrected chi connectivity index (χ2v) is 10.9. The van der Waals surface area contributed by atoms with Gasteiger partial charge in [-0.1, -0.05) is 47.6 Å². The average Bonchev–Trinajstić information content (AvgIpc) is 3.44. The zero-order valence-electron chi connectivity index (χ0n) is 21.4. The minimum absolute atomic E-state index is 0.0156. The van der Waals surface area contributed by atoms with Crippen molar-refractivity contribution in [1.29, 1.82) is 0 Å². The topological polar surface area (TPSA) is 109 Å². The van der Waals surface area contributed by atoms with Crippen LogP contribution in [0.2, 0.25) is 0 Å². The summed E-state index contributed by atoms with van der Waals surface area (Å²) in [6.45, 7) is 12.6. The monoisotopic (exact) mass is 487 g/mol. The molecule has 1 amide bonds. The van der Waals surface area contributed by atoms with Gasteiger partial charge in [0.25, 0.3) is 0 Å². The number of hydrogen-bond acceptors (Lipinski definition) is 7. The summed E-state index contributed by atoms with van der Waals surface area (Å²) in [5.41, 5.74) is 9.09. The quantitative estimate of drug-likeness (QED) is 0.392. The minimum atomic E-state index is -0.576. The van der Waals surface area contributed by atoms with Crippen LogP contribution in [0, 0.1) is 11.8 Å². The molecule has 34 heavy (non-hydrogen) atoms. The Morgan fingerprint density at radius 1 is 1.26 bits per heavy atom. The maximum Gasteiger partial charge on any atom is 0.247 e. The first-order chi connectivity index (χ1) is 16.2. The number of carbonyl (C=O) groups excluding carboxylic acids is 1. The number of fused-ring (bicyclic) bond motifs is 1. The van der Waals surface area contributed by atoms with Gasteiger partial charge >= 0.3 is 0 Å². The van der Waals surface area contributed by atoms with Crippen molar-refractivity contribution in [3.8, 4) is 0 Å². The summed E-state index contributed by atoms with van der Waals surface area (Å²) in [4.78, 5) is 20.3. The number of likely N-dealkylation sites (tertiary alicyclic amines) is 1. The van der Waals surface area contributed by atoms with Crippen LogP contribution in [0.15, 0.2) is 30.1 Å². The van der Waals surface area contributed by atoms with Crippen molar-refractivity contribution < 1.29 is 9.90 Å². The first-order valence-electron chi connectivity index (χ1n) is 12.5. The number of rotatable bonds is 7. The van der Waals surface area contributed by atoms with E-state index in [0.29, 0.717) is 18.3 Å². The normalized spacial score (nSPS) is 21.7. The van der Waals surface area contributed by atoms with Crippen LogP contribution in [0.5, 0.6) is 0 Å². The number of nitrogens with zero attached hydrogens (tertiary/aromatic N) is 3. The first-order valence-corrected chi connectivity index (χ1v) is 13.4. The summed E-state index contributed by atoms with van der Waals surface area (Å²) in [5, 5.41) is 12.8. The van der Waals surface area contributed by atoms with Gasteiger partial charge in [-0.15, -0.1) is 11.3 Å². The van der Waals surface area contributed by atoms with E-state index < -0.39 is 12.1 Å². The van der Waals surface area contributed by atoms with Crippen molar-refractivity contribution in [3.05, 3.63) is 40.7 Å². The SMILES string of the molecule is CC.CC(C)c1ccc2nc(C3CC(O)CN3C(=O)C(C(C)C)N(N)/C=C(\N)C3CC3)sc2c1. The minimum Gasteiger partial charge on any atom is -0.401 e. The summed E-state index contributed by atoms with van der Waals surface area (Å²) >= 11 is 1.61. The number of aliphatic hydroxyl groups excluding tert-OH is 1. The first kappa shape index (κ1) is 26.4. The van der Waals surface area contributed by atoms with E-state index in [1.165, 1.54) is 10.6 Å². The molecule has 2 aliphatic rings. The second kappa shape index (κ2) is 11.1. The third-order valence-electron chi connectivity index (χ3n) is 6.50. The maximum absolute atomic E-state index is 13.7. The lowest BCUT2D eigenvalue weighted by molar-refractivity contribution is -0.139. The molecule has 1 aliphatic carbocycles. The number of benzene rings is 1. The number of hydrazine groups is 1. The van der Waals surface area contributed by atoms with Crippen molar-refractivity contribution in [1.82, 2.24) is 14.9 Å². The number of amides is 1. The van der Waals surface area contributed by atoms with E-state index in [1.807, 2.05) is 33.8 Å². The molecule has 0 spiro atoms. The number of β-amino-alcohol motifs (C(OH)–C–C–N with tert-alkyl or cyclic N) is 1. The Hall–Kier alpha value is -2.16. The molecular weight excluding hydrogens is 446 g/mol. The van der Waals surface area contributed by atoms with Crippen molar-refractivity contribution in [2.24, 2.45) is 23.4 Å². The van der Waals surface area contributed by atoms with Gasteiger partial charge < -0.3 is 20.7 Å². The van der Waals surface area contributed by atoms with Gasteiger partial charge in [-0.3, -0.25) is 4.79 Å². The lowest BCUT2D eigenvalue weighted by Gasteiger charge is -2.34. The predicted molar refractivity (Wildman–Crippen MR) is 140 cm³/mol. The van der Waals surface area contributed by atoms with Gasteiger partial charge in [0.1, 0.15) is 11.0 Å². The van der Waals surface area contributed by atoms with Gasteiger partial charge in [0, 0.05) is 30.8 Å². The third-order valence-corrected chi connectivity index (χ3v) is 7.61. The highest BCUT2D eigenvalue weighted by Gasteiger charge is 2.41. The molecule has 188 valence electrons. The summed E-state index contributed by atoms with van der Waals surface area (Å²) in [6.07, 6.45) is 3.78. The van der Waals surface area contributed by atoms with E-state index in [2.05, 4.69) is 26.0 Å². The Kier molecular flexibility index (Phi) is 8.60. The summed E-state index contributed by atoms with van der Waals surface area (Å²) < 4.78 is 1.11. The number of aliphatic hydroxyl groups is 1. The molecule has 3 atom stereocenters. The van der Waals surface area contributed by atoms with Crippen molar-refractivity contribution >= 4 is 27.5 Å². The van der Waals surface area contributed by atoms with Crippen LogP contribution < -0.4 is 11.6 Å². The average molecular weight is 488 g/mol. The Morgan fingerprint density at radius 3 is 2.53 bits per heavy atom. The highest BCUT2D eigenvalue weighted by molar-refractivity contribution is 7.18. The highest BCUT2D eigenvalue weighted by Crippen LogP contribution is 2.39. The number of thiazole rings is 1. The molecule has 1 saturated heterocycles. The molecule has 0 radical (unpaired) electrons. The molecule has 2 heterocycles. The fraction of sp³-hybridized carbons (Fsp3) is 0.615. The molecule has 2 aromatic rings. The van der Waals surface area contributed by atoms with E-state index in [0.717, 1.165) is 33.8 Å². The molecule has 3 unspecified atom stereocenters. The lowest BCUT2D eigenvalue weighted by Crippen LogP contribution is -2.52. The molecule has 7 nitrogen and oxygen atoms in total. The molecule has 4 rings (SSSR count). The van der Waals surface area contributed by atoms with Crippen LogP contribution >= 0.6 is 11.3 Å². The van der Waals surface area contributed by atoms with Crippen LogP contribution in [0.3, 0.4) is 0 Å². The number of hydrogen-bond donors (Lipinski definition) is 3. The smallest absolute Gasteiger partial charge is 0.247 e. The number of allylic oxidation sites excluding steroid dienone is 1. The predicted octanol–water partition coefficient (Wildman–Crippen LogP) is 4.49. The van der Waals surface area contributed by atoms with Crippen LogP contribution in [0.1, 0.15) is 83.3 Å². The van der Waals surface area contributed by atoms with Crippen LogP contribution in [0.4, 0.5) is 0 Å². The van der Waals surface area contributed by atoms with E-state index >= 15 is 0 Å². The van der Waals surface area contributed by atoms with Crippen LogP contribution in [0.25, 0.3) is 10.2 Å². The van der Waals surface area contributed by atoms with Crippen LogP contribution in [-0.4, -0.2) is 44.6 Å². The fourth-order valence-corrected chi connectivity index (χ4v) is 5.60. The Labute approximate surface area is 207 Å². The molecule has 1 aromatic heterocycles. The summed E-state index contributed by atoms with van der Waals surface area (Å²) in [5.74, 6) is 7.04. The Balaban J connectivity index is 0.00000158. The van der Waals surface area contributed by atoms with Gasteiger partial charge in [0.05, 0.1) is 22.4 Å². The van der Waals surface area contributed by atoms with Crippen molar-refractivity contribution in [3.63, 3.8) is 0 Å². The molecule has 8 heteroatoms. The van der Waals surface area contributed by atoms with Crippen molar-refractivity contribution in [2.45, 2.75) is 84.9 Å². The van der Waals surface area contributed by atoms with Gasteiger partial charge in [0.15, 0.2) is 0 Å². The van der Waals surface area contributed by atoms with Gasteiger partial charge in [0.2, 0.25) is 5.91 Å². The molecular formula is C26H41N5O2S. The number of aromatic nitrogens is 1. The van der Waals surface area contributed by atoms with Gasteiger partial charge in [-0.2, -0.15) is 0 Å². The van der Waals surface area contributed by atoms with Crippen molar-refractivity contribution in [2.75, 3.05) is 6.54 Å². The Morgan fingerprint density at radius 2 is 1.94 bits per heavy atom.